The summed E-state index contributed by atoms with van der Waals surface area (Å²) in [7, 11) is 0. The highest BCUT2D eigenvalue weighted by Crippen LogP contribution is 2.45. The van der Waals surface area contributed by atoms with Crippen molar-refractivity contribution in [2.75, 3.05) is 37.6 Å². The van der Waals surface area contributed by atoms with Gasteiger partial charge in [-0.05, 0) is 42.7 Å². The molecule has 2 aliphatic rings. The molecule has 8 heteroatoms. The fraction of sp³-hybridized carbons (Fsp3) is 0.500. The summed E-state index contributed by atoms with van der Waals surface area (Å²) in [5, 5.41) is 12.0. The summed E-state index contributed by atoms with van der Waals surface area (Å²) in [5.74, 6) is -0.134. The van der Waals surface area contributed by atoms with Gasteiger partial charge in [0.05, 0.1) is 26.9 Å². The van der Waals surface area contributed by atoms with Crippen molar-refractivity contribution in [3.63, 3.8) is 0 Å². The number of alkyl halides is 3. The van der Waals surface area contributed by atoms with Gasteiger partial charge in [0.15, 0.2) is 0 Å². The van der Waals surface area contributed by atoms with Crippen molar-refractivity contribution in [1.29, 1.82) is 0 Å². The van der Waals surface area contributed by atoms with Crippen LogP contribution in [0.4, 0.5) is 18.9 Å². The molecule has 0 aromatic heterocycles. The lowest BCUT2D eigenvalue weighted by molar-refractivity contribution is -0.137. The molecule has 1 saturated carbocycles. The van der Waals surface area contributed by atoms with E-state index in [1.807, 2.05) is 24.3 Å². The molecule has 1 N–H and O–H groups in total. The summed E-state index contributed by atoms with van der Waals surface area (Å²) < 4.78 is 40.2. The van der Waals surface area contributed by atoms with Gasteiger partial charge >= 0.3 is 6.18 Å². The predicted molar refractivity (Wildman–Crippen MR) is 122 cm³/mol. The van der Waals surface area contributed by atoms with E-state index in [0.717, 1.165) is 62.2 Å². The molecule has 1 aliphatic carbocycles. The summed E-state index contributed by atoms with van der Waals surface area (Å²) in [6.45, 7) is 3.90. The molecule has 2 atom stereocenters. The van der Waals surface area contributed by atoms with Crippen LogP contribution in [0.5, 0.6) is 0 Å². The van der Waals surface area contributed by atoms with Gasteiger partial charge in [-0.3, -0.25) is 4.90 Å². The number of rotatable bonds is 4. The van der Waals surface area contributed by atoms with Crippen LogP contribution < -0.4 is 4.90 Å². The van der Waals surface area contributed by atoms with E-state index >= 15 is 0 Å². The summed E-state index contributed by atoms with van der Waals surface area (Å²) in [5.41, 5.74) is -0.844. The Balaban J connectivity index is 1.48. The van der Waals surface area contributed by atoms with Crippen molar-refractivity contribution >= 4 is 28.9 Å². The SMILES string of the molecule is OC1(c2ccc(Cl)c(C(F)(F)F)c2)CCCCC1CN1CCN(c2ccccc2Cl)CC1. The number of benzene rings is 2. The lowest BCUT2D eigenvalue weighted by Gasteiger charge is -2.45. The van der Waals surface area contributed by atoms with Crippen molar-refractivity contribution in [3.05, 3.63) is 63.6 Å². The molecule has 0 spiro atoms. The Bertz CT molecular complexity index is 947. The minimum Gasteiger partial charge on any atom is -0.385 e. The summed E-state index contributed by atoms with van der Waals surface area (Å²) in [4.78, 5) is 4.55. The van der Waals surface area contributed by atoms with E-state index in [9.17, 15) is 18.3 Å². The highest BCUT2D eigenvalue weighted by atomic mass is 35.5. The van der Waals surface area contributed by atoms with Crippen LogP contribution in [-0.4, -0.2) is 42.7 Å². The van der Waals surface area contributed by atoms with Crippen molar-refractivity contribution in [3.8, 4) is 0 Å². The first-order valence-corrected chi connectivity index (χ1v) is 11.8. The normalized spacial score (nSPS) is 25.2. The van der Waals surface area contributed by atoms with Crippen LogP contribution in [0, 0.1) is 5.92 Å². The summed E-state index contributed by atoms with van der Waals surface area (Å²) >= 11 is 12.1. The van der Waals surface area contributed by atoms with Crippen LogP contribution in [0.1, 0.15) is 36.8 Å². The molecular formula is C24H27Cl2F3N2O. The Hall–Kier alpha value is -1.47. The number of halogens is 5. The first-order valence-electron chi connectivity index (χ1n) is 11.0. The van der Waals surface area contributed by atoms with Crippen LogP contribution in [0.15, 0.2) is 42.5 Å². The number of piperazine rings is 1. The molecule has 1 heterocycles. The van der Waals surface area contributed by atoms with Gasteiger partial charge in [0.25, 0.3) is 0 Å². The van der Waals surface area contributed by atoms with Gasteiger partial charge in [0.2, 0.25) is 0 Å². The Morgan fingerprint density at radius 3 is 2.38 bits per heavy atom. The Kier molecular flexibility index (Phi) is 6.97. The van der Waals surface area contributed by atoms with E-state index in [-0.39, 0.29) is 10.9 Å². The van der Waals surface area contributed by atoms with Gasteiger partial charge < -0.3 is 10.0 Å². The van der Waals surface area contributed by atoms with Crippen LogP contribution >= 0.6 is 23.2 Å². The molecule has 174 valence electrons. The van der Waals surface area contributed by atoms with E-state index in [4.69, 9.17) is 23.2 Å². The van der Waals surface area contributed by atoms with Crippen molar-refractivity contribution < 1.29 is 18.3 Å². The maximum atomic E-state index is 13.4. The number of anilines is 1. The first kappa shape index (κ1) is 23.7. The second-order valence-electron chi connectivity index (χ2n) is 8.80. The van der Waals surface area contributed by atoms with Gasteiger partial charge in [0.1, 0.15) is 0 Å². The minimum atomic E-state index is -4.55. The molecule has 0 radical (unpaired) electrons. The van der Waals surface area contributed by atoms with E-state index in [2.05, 4.69) is 9.80 Å². The lowest BCUT2D eigenvalue weighted by atomic mass is 9.71. The fourth-order valence-corrected chi connectivity index (χ4v) is 5.53. The Morgan fingerprint density at radius 1 is 0.969 bits per heavy atom. The number of hydrogen-bond acceptors (Lipinski definition) is 3. The predicted octanol–water partition coefficient (Wildman–Crippen LogP) is 6.21. The molecule has 2 unspecified atom stereocenters. The fourth-order valence-electron chi connectivity index (χ4n) is 5.05. The first-order chi connectivity index (χ1) is 15.2. The molecule has 0 bridgehead atoms. The lowest BCUT2D eigenvalue weighted by Crippen LogP contribution is -2.51. The molecule has 4 rings (SSSR count). The Morgan fingerprint density at radius 2 is 1.69 bits per heavy atom. The van der Waals surface area contributed by atoms with E-state index in [1.165, 1.54) is 6.07 Å². The van der Waals surface area contributed by atoms with E-state index in [0.29, 0.717) is 18.5 Å². The zero-order valence-electron chi connectivity index (χ0n) is 17.7. The average molecular weight is 487 g/mol. The van der Waals surface area contributed by atoms with Gasteiger partial charge in [0, 0.05) is 38.6 Å². The maximum Gasteiger partial charge on any atom is 0.417 e. The van der Waals surface area contributed by atoms with Crippen LogP contribution in [0.25, 0.3) is 0 Å². The zero-order chi connectivity index (χ0) is 22.9. The molecule has 1 saturated heterocycles. The number of para-hydroxylation sites is 1. The molecule has 2 aromatic carbocycles. The highest BCUT2D eigenvalue weighted by molar-refractivity contribution is 6.33. The minimum absolute atomic E-state index is 0.134. The second-order valence-corrected chi connectivity index (χ2v) is 9.61. The molecule has 2 fully saturated rings. The molecule has 0 amide bonds. The Labute approximate surface area is 196 Å². The quantitative estimate of drug-likeness (QED) is 0.556. The van der Waals surface area contributed by atoms with E-state index in [1.54, 1.807) is 6.07 Å². The zero-order valence-corrected chi connectivity index (χ0v) is 19.2. The topological polar surface area (TPSA) is 26.7 Å². The highest BCUT2D eigenvalue weighted by Gasteiger charge is 2.43. The molecule has 1 aliphatic heterocycles. The third-order valence-electron chi connectivity index (χ3n) is 6.85. The number of nitrogens with zero attached hydrogens (tertiary/aromatic N) is 2. The second kappa shape index (κ2) is 9.41. The molecule has 3 nitrogen and oxygen atoms in total. The van der Waals surface area contributed by atoms with Gasteiger partial charge in [-0.2, -0.15) is 13.2 Å². The van der Waals surface area contributed by atoms with Gasteiger partial charge in [-0.1, -0.05) is 54.2 Å². The molecule has 32 heavy (non-hydrogen) atoms. The van der Waals surface area contributed by atoms with Crippen molar-refractivity contribution in [2.45, 2.75) is 37.5 Å². The third kappa shape index (κ3) is 4.89. The maximum absolute atomic E-state index is 13.4. The smallest absolute Gasteiger partial charge is 0.385 e. The average Bonchev–Trinajstić information content (AvgIpc) is 2.76. The van der Waals surface area contributed by atoms with Gasteiger partial charge in [-0.15, -0.1) is 0 Å². The molecular weight excluding hydrogens is 460 g/mol. The summed E-state index contributed by atoms with van der Waals surface area (Å²) in [6, 6.07) is 11.6. The van der Waals surface area contributed by atoms with Crippen molar-refractivity contribution in [2.24, 2.45) is 5.92 Å². The van der Waals surface area contributed by atoms with Crippen molar-refractivity contribution in [1.82, 2.24) is 4.90 Å². The number of hydrogen-bond donors (Lipinski definition) is 1. The van der Waals surface area contributed by atoms with Crippen LogP contribution in [-0.2, 0) is 11.8 Å². The van der Waals surface area contributed by atoms with E-state index < -0.39 is 17.3 Å². The number of aliphatic hydroxyl groups is 1. The molecule has 2 aromatic rings. The van der Waals surface area contributed by atoms with Gasteiger partial charge in [-0.25, -0.2) is 0 Å². The largest absolute Gasteiger partial charge is 0.417 e. The standard InChI is InChI=1S/C24H27Cl2F3N2O/c25-20-9-8-17(15-19(20)24(27,28)29)23(32)10-4-3-5-18(23)16-30-11-13-31(14-12-30)22-7-2-1-6-21(22)26/h1-2,6-9,15,18,32H,3-5,10-14,16H2. The van der Waals surface area contributed by atoms with Crippen LogP contribution in [0.2, 0.25) is 10.0 Å². The monoisotopic (exact) mass is 486 g/mol. The third-order valence-corrected chi connectivity index (χ3v) is 7.50. The summed E-state index contributed by atoms with van der Waals surface area (Å²) in [6.07, 6.45) is -1.56. The van der Waals surface area contributed by atoms with Crippen LogP contribution in [0.3, 0.4) is 0 Å².